The molecule has 2 N–H and O–H groups in total. The molecule has 2 aromatic carbocycles. The summed E-state index contributed by atoms with van der Waals surface area (Å²) in [6.07, 6.45) is -3.40. The van der Waals surface area contributed by atoms with Crippen LogP contribution >= 0.6 is 0 Å². The third-order valence-corrected chi connectivity index (χ3v) is 5.77. The summed E-state index contributed by atoms with van der Waals surface area (Å²) in [5.74, 6) is -0.832. The van der Waals surface area contributed by atoms with Crippen LogP contribution < -0.4 is 14.8 Å². The van der Waals surface area contributed by atoms with E-state index in [4.69, 9.17) is 4.74 Å². The maximum absolute atomic E-state index is 12.6. The number of halogens is 3. The molecule has 0 radical (unpaired) electrons. The average Bonchev–Trinajstić information content (AvgIpc) is 3.46. The van der Waals surface area contributed by atoms with Crippen LogP contribution in [0.4, 0.5) is 24.5 Å². The van der Waals surface area contributed by atoms with Gasteiger partial charge in [0.1, 0.15) is 5.75 Å². The van der Waals surface area contributed by atoms with Gasteiger partial charge in [-0.25, -0.2) is 8.42 Å². The smallest absolute Gasteiger partial charge is 0.422 e. The molecule has 1 aliphatic carbocycles. The molecule has 10 heteroatoms. The molecule has 0 unspecified atom stereocenters. The molecule has 0 spiro atoms. The van der Waals surface area contributed by atoms with Crippen LogP contribution in [0.15, 0.2) is 48.5 Å². The Kier molecular flexibility index (Phi) is 5.50. The summed E-state index contributed by atoms with van der Waals surface area (Å²) < 4.78 is 68.7. The zero-order valence-corrected chi connectivity index (χ0v) is 15.3. The quantitative estimate of drug-likeness (QED) is 0.722. The van der Waals surface area contributed by atoms with Crippen molar-refractivity contribution >= 4 is 27.3 Å². The topological polar surface area (TPSA) is 84.5 Å². The van der Waals surface area contributed by atoms with Crippen molar-refractivity contribution in [1.82, 2.24) is 0 Å². The first kappa shape index (κ1) is 20.0. The van der Waals surface area contributed by atoms with Crippen molar-refractivity contribution in [2.24, 2.45) is 0 Å². The summed E-state index contributed by atoms with van der Waals surface area (Å²) in [6, 6.07) is 11.7. The van der Waals surface area contributed by atoms with Crippen molar-refractivity contribution in [2.75, 3.05) is 16.6 Å². The summed E-state index contributed by atoms with van der Waals surface area (Å²) >= 11 is 0. The molecule has 3 rings (SSSR count). The zero-order chi connectivity index (χ0) is 20.4. The van der Waals surface area contributed by atoms with E-state index in [1.165, 1.54) is 36.4 Å². The van der Waals surface area contributed by atoms with Crippen molar-refractivity contribution in [2.45, 2.75) is 24.3 Å². The van der Waals surface area contributed by atoms with Crippen molar-refractivity contribution in [3.8, 4) is 5.75 Å². The maximum Gasteiger partial charge on any atom is 0.422 e. The standard InChI is InChI=1S/C18H17F3N2O4S/c19-18(20,21)11-27-16-8-4-3-7-15(16)22-17(24)13-5-1-2-6-14(13)23-28(25,26)12-9-10-12/h1-8,12,23H,9-11H2,(H,22,24). The molecule has 1 saturated carbocycles. The van der Waals surface area contributed by atoms with E-state index in [1.807, 2.05) is 0 Å². The van der Waals surface area contributed by atoms with E-state index in [2.05, 4.69) is 10.0 Å². The van der Waals surface area contributed by atoms with Crippen LogP contribution in [0.1, 0.15) is 23.2 Å². The van der Waals surface area contributed by atoms with Gasteiger partial charge in [0, 0.05) is 0 Å². The first-order chi connectivity index (χ1) is 13.2. The maximum atomic E-state index is 12.6. The van der Waals surface area contributed by atoms with E-state index < -0.39 is 34.0 Å². The number of alkyl halides is 3. The molecule has 1 fully saturated rings. The summed E-state index contributed by atoms with van der Waals surface area (Å²) in [4.78, 5) is 12.6. The van der Waals surface area contributed by atoms with E-state index in [0.717, 1.165) is 0 Å². The van der Waals surface area contributed by atoms with Crippen LogP contribution in [0.2, 0.25) is 0 Å². The van der Waals surface area contributed by atoms with E-state index >= 15 is 0 Å². The van der Waals surface area contributed by atoms with Crippen LogP contribution in [-0.2, 0) is 10.0 Å². The van der Waals surface area contributed by atoms with Gasteiger partial charge in [-0.05, 0) is 37.1 Å². The van der Waals surface area contributed by atoms with Gasteiger partial charge in [-0.15, -0.1) is 0 Å². The Morgan fingerprint density at radius 1 is 1.04 bits per heavy atom. The normalized spacial score (nSPS) is 14.4. The number of anilines is 2. The van der Waals surface area contributed by atoms with Crippen molar-refractivity contribution in [3.05, 3.63) is 54.1 Å². The molecule has 6 nitrogen and oxygen atoms in total. The zero-order valence-electron chi connectivity index (χ0n) is 14.5. The largest absolute Gasteiger partial charge is 0.482 e. The highest BCUT2D eigenvalue weighted by molar-refractivity contribution is 7.93. The highest BCUT2D eigenvalue weighted by atomic mass is 32.2. The molecular formula is C18H17F3N2O4S. The summed E-state index contributed by atoms with van der Waals surface area (Å²) in [5, 5.41) is 2.00. The minimum Gasteiger partial charge on any atom is -0.482 e. The lowest BCUT2D eigenvalue weighted by atomic mass is 10.1. The van der Waals surface area contributed by atoms with Crippen LogP contribution in [0.25, 0.3) is 0 Å². The lowest BCUT2D eigenvalue weighted by Gasteiger charge is -2.15. The molecule has 150 valence electrons. The fourth-order valence-electron chi connectivity index (χ4n) is 2.43. The third-order valence-electron chi connectivity index (χ3n) is 3.91. The second-order valence-electron chi connectivity index (χ2n) is 6.25. The fraction of sp³-hybridized carbons (Fsp3) is 0.278. The molecule has 2 aromatic rings. The Bertz CT molecular complexity index is 973. The van der Waals surface area contributed by atoms with Gasteiger partial charge in [-0.1, -0.05) is 24.3 Å². The Hall–Kier alpha value is -2.75. The van der Waals surface area contributed by atoms with Crippen LogP contribution in [0, 0.1) is 0 Å². The number of para-hydroxylation sites is 3. The van der Waals surface area contributed by atoms with Crippen molar-refractivity contribution in [1.29, 1.82) is 0 Å². The van der Waals surface area contributed by atoms with E-state index in [0.29, 0.717) is 12.8 Å². The molecule has 0 atom stereocenters. The predicted octanol–water partition coefficient (Wildman–Crippen LogP) is 3.78. The number of carbonyl (C=O) groups is 1. The first-order valence-electron chi connectivity index (χ1n) is 8.36. The molecule has 0 aliphatic heterocycles. The van der Waals surface area contributed by atoms with Gasteiger partial charge >= 0.3 is 6.18 Å². The van der Waals surface area contributed by atoms with Crippen LogP contribution in [0.5, 0.6) is 5.75 Å². The molecule has 0 bridgehead atoms. The lowest BCUT2D eigenvalue weighted by Crippen LogP contribution is -2.22. The highest BCUT2D eigenvalue weighted by Crippen LogP contribution is 2.31. The van der Waals surface area contributed by atoms with E-state index in [9.17, 15) is 26.4 Å². The molecule has 1 amide bonds. The number of nitrogens with one attached hydrogen (secondary N) is 2. The fourth-order valence-corrected chi connectivity index (χ4v) is 3.84. The minimum absolute atomic E-state index is 0.0385. The van der Waals surface area contributed by atoms with Gasteiger partial charge in [0.25, 0.3) is 5.91 Å². The molecule has 1 aliphatic rings. The monoisotopic (exact) mass is 414 g/mol. The van der Waals surface area contributed by atoms with Crippen LogP contribution in [-0.4, -0.2) is 32.4 Å². The minimum atomic E-state index is -4.52. The van der Waals surface area contributed by atoms with Gasteiger partial charge in [-0.3, -0.25) is 9.52 Å². The Labute approximate surface area is 159 Å². The summed E-state index contributed by atoms with van der Waals surface area (Å²) in [5.41, 5.74) is 0.176. The number of hydrogen-bond acceptors (Lipinski definition) is 4. The number of hydrogen-bond donors (Lipinski definition) is 2. The lowest BCUT2D eigenvalue weighted by molar-refractivity contribution is -0.153. The summed E-state index contributed by atoms with van der Waals surface area (Å²) in [7, 11) is -3.58. The molecule has 0 heterocycles. The number of carbonyl (C=O) groups excluding carboxylic acids is 1. The highest BCUT2D eigenvalue weighted by Gasteiger charge is 2.36. The van der Waals surface area contributed by atoms with Gasteiger partial charge in [0.15, 0.2) is 6.61 Å². The van der Waals surface area contributed by atoms with E-state index in [1.54, 1.807) is 12.1 Å². The average molecular weight is 414 g/mol. The number of rotatable bonds is 7. The SMILES string of the molecule is O=C(Nc1ccccc1OCC(F)(F)F)c1ccccc1NS(=O)(=O)C1CC1. The Morgan fingerprint density at radius 3 is 2.29 bits per heavy atom. The third kappa shape index (κ3) is 5.16. The van der Waals surface area contributed by atoms with Crippen LogP contribution in [0.3, 0.4) is 0 Å². The Balaban J connectivity index is 1.79. The number of amides is 1. The molecule has 28 heavy (non-hydrogen) atoms. The van der Waals surface area contributed by atoms with E-state index in [-0.39, 0.29) is 22.7 Å². The number of ether oxygens (including phenoxy) is 1. The molecule has 0 saturated heterocycles. The second-order valence-corrected chi connectivity index (χ2v) is 8.21. The Morgan fingerprint density at radius 2 is 1.64 bits per heavy atom. The van der Waals surface area contributed by atoms with Gasteiger partial charge in [0.05, 0.1) is 22.2 Å². The first-order valence-corrected chi connectivity index (χ1v) is 9.91. The van der Waals surface area contributed by atoms with Gasteiger partial charge in [0.2, 0.25) is 10.0 Å². The van der Waals surface area contributed by atoms with Gasteiger partial charge in [-0.2, -0.15) is 13.2 Å². The predicted molar refractivity (Wildman–Crippen MR) is 98.0 cm³/mol. The number of benzene rings is 2. The summed E-state index contributed by atoms with van der Waals surface area (Å²) in [6.45, 7) is -1.50. The molecular weight excluding hydrogens is 397 g/mol. The molecule has 0 aromatic heterocycles. The van der Waals surface area contributed by atoms with Crippen molar-refractivity contribution in [3.63, 3.8) is 0 Å². The van der Waals surface area contributed by atoms with Crippen molar-refractivity contribution < 1.29 is 31.1 Å². The second kappa shape index (κ2) is 7.70. The van der Waals surface area contributed by atoms with Gasteiger partial charge < -0.3 is 10.1 Å². The number of sulfonamides is 1.